The van der Waals surface area contributed by atoms with Gasteiger partial charge in [0.2, 0.25) is 0 Å². The summed E-state index contributed by atoms with van der Waals surface area (Å²) in [5.41, 5.74) is 6.71. The Balaban J connectivity index is 2.38. The van der Waals surface area contributed by atoms with E-state index in [0.29, 0.717) is 16.3 Å². The van der Waals surface area contributed by atoms with E-state index in [4.69, 9.17) is 23.2 Å². The second kappa shape index (κ2) is 5.64. The van der Waals surface area contributed by atoms with Gasteiger partial charge in [0.25, 0.3) is 0 Å². The molecule has 0 aromatic heterocycles. The molecule has 100 valence electrons. The summed E-state index contributed by atoms with van der Waals surface area (Å²) in [6.07, 6.45) is 0. The van der Waals surface area contributed by atoms with Crippen molar-refractivity contribution < 1.29 is 8.28 Å². The molecule has 0 saturated heterocycles. The van der Waals surface area contributed by atoms with Crippen molar-refractivity contribution in [1.82, 2.24) is 0 Å². The Kier molecular flexibility index (Phi) is 4.14. The smallest absolute Gasteiger partial charge is 0.144 e. The van der Waals surface area contributed by atoms with Crippen LogP contribution in [0.15, 0.2) is 41.3 Å². The van der Waals surface area contributed by atoms with E-state index in [1.54, 1.807) is 24.3 Å². The molecule has 0 aliphatic heterocycles. The summed E-state index contributed by atoms with van der Waals surface area (Å²) in [5.74, 6) is 5.29. The van der Waals surface area contributed by atoms with Crippen molar-refractivity contribution in [3.8, 4) is 0 Å². The molecule has 19 heavy (non-hydrogen) atoms. The molecular formula is C12H10ClF2N3S. The number of nitrogens with two attached hydrogens (primary N) is 2. The van der Waals surface area contributed by atoms with Gasteiger partial charge in [0, 0.05) is 4.90 Å². The molecule has 4 N–H and O–H groups in total. The zero-order chi connectivity index (χ0) is 14.0. The third kappa shape index (κ3) is 2.75. The molecule has 3 nitrogen and oxygen atoms in total. The van der Waals surface area contributed by atoms with Gasteiger partial charge in [-0.1, -0.05) is 11.6 Å². The SMILES string of the molecule is Nc1c(N(N)c2ccc(SF)cc2)ccc(F)c1Cl. The van der Waals surface area contributed by atoms with E-state index in [1.165, 1.54) is 17.1 Å². The lowest BCUT2D eigenvalue weighted by atomic mass is 10.2. The van der Waals surface area contributed by atoms with Gasteiger partial charge in [-0.25, -0.2) is 10.2 Å². The van der Waals surface area contributed by atoms with Crippen molar-refractivity contribution >= 4 is 40.8 Å². The third-order valence-electron chi connectivity index (χ3n) is 2.57. The Labute approximate surface area is 118 Å². The fourth-order valence-corrected chi connectivity index (χ4v) is 1.96. The largest absolute Gasteiger partial charge is 0.396 e. The lowest BCUT2D eigenvalue weighted by molar-refractivity contribution is 0.629. The topological polar surface area (TPSA) is 55.3 Å². The zero-order valence-corrected chi connectivity index (χ0v) is 11.2. The highest BCUT2D eigenvalue weighted by molar-refractivity contribution is 7.94. The minimum atomic E-state index is -0.611. The average molecular weight is 302 g/mol. The van der Waals surface area contributed by atoms with Crippen LogP contribution in [0.1, 0.15) is 0 Å². The second-order valence-electron chi connectivity index (χ2n) is 3.74. The molecule has 0 saturated carbocycles. The van der Waals surface area contributed by atoms with E-state index < -0.39 is 5.82 Å². The first-order valence-corrected chi connectivity index (χ1v) is 6.31. The van der Waals surface area contributed by atoms with Crippen LogP contribution in [0.4, 0.5) is 25.3 Å². The average Bonchev–Trinajstić information content (AvgIpc) is 2.44. The Hall–Kier alpha value is -1.50. The molecule has 0 unspecified atom stereocenters. The monoisotopic (exact) mass is 301 g/mol. The Morgan fingerprint density at radius 3 is 2.32 bits per heavy atom. The summed E-state index contributed by atoms with van der Waals surface area (Å²) in [4.78, 5) is 0.460. The van der Waals surface area contributed by atoms with E-state index in [-0.39, 0.29) is 22.9 Å². The van der Waals surface area contributed by atoms with Gasteiger partial charge < -0.3 is 5.73 Å². The van der Waals surface area contributed by atoms with Crippen LogP contribution in [0.5, 0.6) is 0 Å². The molecule has 0 spiro atoms. The number of nitrogen functional groups attached to an aromatic ring is 1. The fraction of sp³-hybridized carbons (Fsp3) is 0. The molecule has 0 bridgehead atoms. The van der Waals surface area contributed by atoms with Crippen LogP contribution in [0.2, 0.25) is 5.02 Å². The molecular weight excluding hydrogens is 292 g/mol. The summed E-state index contributed by atoms with van der Waals surface area (Å²) in [6.45, 7) is 0. The van der Waals surface area contributed by atoms with Gasteiger partial charge in [-0.15, -0.1) is 0 Å². The van der Waals surface area contributed by atoms with Crippen molar-refractivity contribution in [2.75, 3.05) is 10.7 Å². The molecule has 2 aromatic carbocycles. The molecule has 0 amide bonds. The lowest BCUT2D eigenvalue weighted by Gasteiger charge is -2.21. The van der Waals surface area contributed by atoms with Crippen molar-refractivity contribution in [3.63, 3.8) is 0 Å². The normalized spacial score (nSPS) is 10.5. The van der Waals surface area contributed by atoms with Crippen molar-refractivity contribution in [2.24, 2.45) is 5.84 Å². The molecule has 0 fully saturated rings. The number of halogens is 3. The van der Waals surface area contributed by atoms with E-state index in [2.05, 4.69) is 0 Å². The zero-order valence-electron chi connectivity index (χ0n) is 9.61. The van der Waals surface area contributed by atoms with Crippen molar-refractivity contribution in [3.05, 3.63) is 47.2 Å². The number of anilines is 3. The van der Waals surface area contributed by atoms with Gasteiger partial charge in [-0.3, -0.25) is 5.01 Å². The maximum Gasteiger partial charge on any atom is 0.144 e. The van der Waals surface area contributed by atoms with Crippen LogP contribution >= 0.6 is 23.7 Å². The number of hydrogen-bond donors (Lipinski definition) is 2. The summed E-state index contributed by atoms with van der Waals surface area (Å²) < 4.78 is 25.5. The van der Waals surface area contributed by atoms with Gasteiger partial charge in [0.15, 0.2) is 0 Å². The molecule has 0 atom stereocenters. The quantitative estimate of drug-likeness (QED) is 0.510. The first kappa shape index (κ1) is 13.9. The van der Waals surface area contributed by atoms with Crippen molar-refractivity contribution in [1.29, 1.82) is 0 Å². The minimum absolute atomic E-state index is 0.0492. The predicted molar refractivity (Wildman–Crippen MR) is 75.6 cm³/mol. The van der Waals surface area contributed by atoms with Crippen LogP contribution < -0.4 is 16.6 Å². The van der Waals surface area contributed by atoms with E-state index >= 15 is 0 Å². The number of rotatable bonds is 3. The second-order valence-corrected chi connectivity index (χ2v) is 4.74. The van der Waals surface area contributed by atoms with Crippen LogP contribution in [0.25, 0.3) is 0 Å². The summed E-state index contributed by atoms with van der Waals surface area (Å²) in [7, 11) is 0. The van der Waals surface area contributed by atoms with E-state index in [1.807, 2.05) is 0 Å². The molecule has 0 heterocycles. The number of hydrazine groups is 1. The maximum atomic E-state index is 13.2. The molecule has 0 aliphatic carbocycles. The number of benzene rings is 2. The van der Waals surface area contributed by atoms with E-state index in [0.717, 1.165) is 0 Å². The lowest BCUT2D eigenvalue weighted by Crippen LogP contribution is -2.26. The fourth-order valence-electron chi connectivity index (χ4n) is 1.56. The Morgan fingerprint density at radius 1 is 1.11 bits per heavy atom. The molecule has 0 aliphatic rings. The Bertz CT molecular complexity index is 592. The predicted octanol–water partition coefficient (Wildman–Crippen LogP) is 4.05. The van der Waals surface area contributed by atoms with Crippen LogP contribution in [-0.4, -0.2) is 0 Å². The van der Waals surface area contributed by atoms with E-state index in [9.17, 15) is 8.28 Å². The minimum Gasteiger partial charge on any atom is -0.396 e. The number of nitrogens with zero attached hydrogens (tertiary/aromatic N) is 1. The molecule has 2 aromatic rings. The van der Waals surface area contributed by atoms with Gasteiger partial charge in [0.05, 0.1) is 29.2 Å². The molecule has 2 rings (SSSR count). The van der Waals surface area contributed by atoms with Crippen LogP contribution in [0, 0.1) is 5.82 Å². The summed E-state index contributed by atoms with van der Waals surface area (Å²) in [5, 5.41) is 1.08. The van der Waals surface area contributed by atoms with Gasteiger partial charge in [-0.2, -0.15) is 3.89 Å². The highest BCUT2D eigenvalue weighted by Crippen LogP contribution is 2.34. The third-order valence-corrected chi connectivity index (χ3v) is 3.41. The van der Waals surface area contributed by atoms with Crippen LogP contribution in [0.3, 0.4) is 0 Å². The first-order chi connectivity index (χ1) is 9.04. The number of hydrogen-bond acceptors (Lipinski definition) is 4. The standard InChI is InChI=1S/C12H10ClF2N3S/c13-11-9(14)5-6-10(12(11)16)18(17)7-1-3-8(19-15)4-2-7/h1-6H,16-17H2. The first-order valence-electron chi connectivity index (χ1n) is 5.21. The van der Waals surface area contributed by atoms with Gasteiger partial charge >= 0.3 is 0 Å². The highest BCUT2D eigenvalue weighted by atomic mass is 35.5. The molecule has 0 radical (unpaired) electrons. The molecule has 7 heteroatoms. The van der Waals surface area contributed by atoms with Gasteiger partial charge in [0.1, 0.15) is 10.8 Å². The Morgan fingerprint density at radius 2 is 1.74 bits per heavy atom. The van der Waals surface area contributed by atoms with Gasteiger partial charge in [-0.05, 0) is 36.4 Å². The van der Waals surface area contributed by atoms with Crippen molar-refractivity contribution in [2.45, 2.75) is 4.90 Å². The summed E-state index contributed by atoms with van der Waals surface area (Å²) in [6, 6.07) is 8.99. The maximum absolute atomic E-state index is 13.2. The van der Waals surface area contributed by atoms with Crippen LogP contribution in [-0.2, 0) is 0 Å². The highest BCUT2D eigenvalue weighted by Gasteiger charge is 2.14. The summed E-state index contributed by atoms with van der Waals surface area (Å²) >= 11 is 5.86.